The Hall–Kier alpha value is -3.25. The van der Waals surface area contributed by atoms with Gasteiger partial charge >= 0.3 is 0 Å². The second-order valence-corrected chi connectivity index (χ2v) is 7.43. The van der Waals surface area contributed by atoms with Crippen molar-refractivity contribution in [3.63, 3.8) is 0 Å². The van der Waals surface area contributed by atoms with Gasteiger partial charge in [-0.05, 0) is 25.0 Å². The Bertz CT molecular complexity index is 1100. The number of nitrogens with one attached hydrogen (secondary N) is 1. The summed E-state index contributed by atoms with van der Waals surface area (Å²) in [5.41, 5.74) is 3.89. The quantitative estimate of drug-likeness (QED) is 0.553. The number of aromatic nitrogens is 4. The first kappa shape index (κ1) is 18.1. The molecule has 4 rings (SSSR count). The highest BCUT2D eigenvalue weighted by Gasteiger charge is 2.22. The third-order valence-electron chi connectivity index (χ3n) is 4.57. The highest BCUT2D eigenvalue weighted by molar-refractivity contribution is 5.99. The van der Waals surface area contributed by atoms with Crippen molar-refractivity contribution in [2.24, 2.45) is 0 Å². The van der Waals surface area contributed by atoms with E-state index in [-0.39, 0.29) is 0 Å². The molecule has 0 amide bonds. The van der Waals surface area contributed by atoms with E-state index >= 15 is 0 Å². The highest BCUT2D eigenvalue weighted by atomic mass is 16.3. The second-order valence-electron chi connectivity index (χ2n) is 7.43. The van der Waals surface area contributed by atoms with Crippen molar-refractivity contribution in [3.8, 4) is 22.4 Å². The van der Waals surface area contributed by atoms with Gasteiger partial charge in [0.2, 0.25) is 0 Å². The molecule has 0 fully saturated rings. The number of rotatable bonds is 5. The molecule has 0 aliphatic rings. The summed E-state index contributed by atoms with van der Waals surface area (Å²) in [6.45, 7) is 3.86. The van der Waals surface area contributed by atoms with Gasteiger partial charge in [-0.15, -0.1) is 0 Å². The van der Waals surface area contributed by atoms with Gasteiger partial charge in [-0.1, -0.05) is 54.6 Å². The fourth-order valence-electron chi connectivity index (χ4n) is 3.33. The van der Waals surface area contributed by atoms with Crippen molar-refractivity contribution in [2.45, 2.75) is 26.0 Å². The van der Waals surface area contributed by atoms with Gasteiger partial charge in [0.15, 0.2) is 5.65 Å². The highest BCUT2D eigenvalue weighted by Crippen LogP contribution is 2.33. The number of hydrogen-bond donors (Lipinski definition) is 2. The Labute approximate surface area is 163 Å². The van der Waals surface area contributed by atoms with E-state index in [4.69, 9.17) is 5.10 Å². The maximum atomic E-state index is 10.3. The average molecular weight is 373 g/mol. The summed E-state index contributed by atoms with van der Waals surface area (Å²) in [7, 11) is 1.83. The van der Waals surface area contributed by atoms with Crippen LogP contribution in [0.4, 0.5) is 5.82 Å². The normalized spacial score (nSPS) is 11.7. The summed E-state index contributed by atoms with van der Waals surface area (Å²) < 4.78 is 1.75. The van der Waals surface area contributed by atoms with Crippen LogP contribution in [0.15, 0.2) is 60.9 Å². The molecule has 2 aromatic carbocycles. The van der Waals surface area contributed by atoms with Crippen molar-refractivity contribution >= 4 is 16.9 Å². The molecule has 6 heteroatoms. The zero-order valence-corrected chi connectivity index (χ0v) is 16.2. The Morgan fingerprint density at radius 1 is 0.929 bits per heavy atom. The summed E-state index contributed by atoms with van der Waals surface area (Å²) in [4.78, 5) is 8.77. The van der Waals surface area contributed by atoms with Gasteiger partial charge in [0.05, 0.1) is 17.5 Å². The van der Waals surface area contributed by atoms with E-state index in [9.17, 15) is 5.11 Å². The zero-order valence-electron chi connectivity index (χ0n) is 16.2. The van der Waals surface area contributed by atoms with Gasteiger partial charge in [0.1, 0.15) is 17.8 Å². The minimum absolute atomic E-state index is 0.339. The summed E-state index contributed by atoms with van der Waals surface area (Å²) >= 11 is 0. The number of anilines is 1. The van der Waals surface area contributed by atoms with Gasteiger partial charge in [0.25, 0.3) is 0 Å². The maximum Gasteiger partial charge on any atom is 0.164 e. The summed E-state index contributed by atoms with van der Waals surface area (Å²) in [5.74, 6) is 0.717. The van der Waals surface area contributed by atoms with E-state index < -0.39 is 5.60 Å². The van der Waals surface area contributed by atoms with Crippen molar-refractivity contribution < 1.29 is 5.11 Å². The average Bonchev–Trinajstić information content (AvgIpc) is 3.06. The van der Waals surface area contributed by atoms with Crippen LogP contribution >= 0.6 is 0 Å². The fourth-order valence-corrected chi connectivity index (χ4v) is 3.33. The molecule has 0 saturated carbocycles. The molecule has 0 unspecified atom stereocenters. The SMILES string of the molecule is CNc1ncnc2c1c(-c1ccc(-c3ccccc3)cc1)nn2CC(C)(C)O. The van der Waals surface area contributed by atoms with E-state index in [1.807, 2.05) is 25.2 Å². The maximum absolute atomic E-state index is 10.3. The van der Waals surface area contributed by atoms with Crippen LogP contribution in [0, 0.1) is 0 Å². The number of aliphatic hydroxyl groups is 1. The van der Waals surface area contributed by atoms with E-state index in [0.717, 1.165) is 22.2 Å². The second kappa shape index (κ2) is 7.05. The van der Waals surface area contributed by atoms with Crippen LogP contribution in [0.5, 0.6) is 0 Å². The molecule has 142 valence electrons. The molecule has 0 saturated heterocycles. The molecule has 0 spiro atoms. The molecule has 0 bridgehead atoms. The molecule has 6 nitrogen and oxygen atoms in total. The Morgan fingerprint density at radius 2 is 1.57 bits per heavy atom. The number of nitrogens with zero attached hydrogens (tertiary/aromatic N) is 4. The van der Waals surface area contributed by atoms with Gasteiger partial charge in [-0.2, -0.15) is 5.10 Å². The molecular formula is C22H23N5O. The lowest BCUT2D eigenvalue weighted by atomic mass is 10.0. The lowest BCUT2D eigenvalue weighted by molar-refractivity contribution is 0.0590. The van der Waals surface area contributed by atoms with Crippen LogP contribution in [0.2, 0.25) is 0 Å². The molecule has 4 aromatic rings. The Morgan fingerprint density at radius 3 is 2.21 bits per heavy atom. The van der Waals surface area contributed by atoms with Gasteiger partial charge in [0, 0.05) is 12.6 Å². The van der Waals surface area contributed by atoms with Crippen LogP contribution < -0.4 is 5.32 Å². The molecule has 28 heavy (non-hydrogen) atoms. The Balaban J connectivity index is 1.84. The zero-order chi connectivity index (χ0) is 19.7. The van der Waals surface area contributed by atoms with Crippen LogP contribution in [0.25, 0.3) is 33.4 Å². The lowest BCUT2D eigenvalue weighted by Gasteiger charge is -2.16. The topological polar surface area (TPSA) is 75.9 Å². The van der Waals surface area contributed by atoms with E-state index in [1.54, 1.807) is 18.5 Å². The van der Waals surface area contributed by atoms with Crippen molar-refractivity contribution in [1.82, 2.24) is 19.7 Å². The summed E-state index contributed by atoms with van der Waals surface area (Å²) in [6, 6.07) is 18.6. The molecule has 2 aromatic heterocycles. The van der Waals surface area contributed by atoms with Gasteiger partial charge < -0.3 is 10.4 Å². The predicted molar refractivity (Wildman–Crippen MR) is 112 cm³/mol. The summed E-state index contributed by atoms with van der Waals surface area (Å²) in [5, 5.41) is 19.0. The molecule has 0 aliphatic carbocycles. The van der Waals surface area contributed by atoms with E-state index in [2.05, 4.69) is 51.7 Å². The number of benzene rings is 2. The first-order valence-corrected chi connectivity index (χ1v) is 9.24. The standard InChI is InChI=1S/C22H23N5O/c1-22(2,28)13-27-21-18(20(23-3)24-14-25-21)19(26-27)17-11-9-16(10-12-17)15-7-5-4-6-8-15/h4-12,14,28H,13H2,1-3H3,(H,23,24,25). The van der Waals surface area contributed by atoms with Gasteiger partial charge in [-0.25, -0.2) is 14.6 Å². The molecular weight excluding hydrogens is 350 g/mol. The van der Waals surface area contributed by atoms with E-state index in [0.29, 0.717) is 18.0 Å². The van der Waals surface area contributed by atoms with Crippen LogP contribution in [-0.2, 0) is 6.54 Å². The minimum Gasteiger partial charge on any atom is -0.389 e. The molecule has 2 heterocycles. The van der Waals surface area contributed by atoms with Crippen molar-refractivity contribution in [3.05, 3.63) is 60.9 Å². The molecule has 0 aliphatic heterocycles. The number of fused-ring (bicyclic) bond motifs is 1. The Kier molecular flexibility index (Phi) is 4.57. The first-order valence-electron chi connectivity index (χ1n) is 9.24. The van der Waals surface area contributed by atoms with Crippen molar-refractivity contribution in [1.29, 1.82) is 0 Å². The van der Waals surface area contributed by atoms with Crippen molar-refractivity contribution in [2.75, 3.05) is 12.4 Å². The number of hydrogen-bond acceptors (Lipinski definition) is 5. The molecule has 2 N–H and O–H groups in total. The lowest BCUT2D eigenvalue weighted by Crippen LogP contribution is -2.26. The third-order valence-corrected chi connectivity index (χ3v) is 4.57. The van der Waals surface area contributed by atoms with Crippen LogP contribution in [0.3, 0.4) is 0 Å². The molecule has 0 radical (unpaired) electrons. The largest absolute Gasteiger partial charge is 0.389 e. The summed E-state index contributed by atoms with van der Waals surface area (Å²) in [6.07, 6.45) is 1.51. The smallest absolute Gasteiger partial charge is 0.164 e. The van der Waals surface area contributed by atoms with Gasteiger partial charge in [-0.3, -0.25) is 0 Å². The monoisotopic (exact) mass is 373 g/mol. The minimum atomic E-state index is -0.905. The molecule has 0 atom stereocenters. The van der Waals surface area contributed by atoms with E-state index in [1.165, 1.54) is 11.9 Å². The van der Waals surface area contributed by atoms with Crippen LogP contribution in [0.1, 0.15) is 13.8 Å². The fraction of sp³-hybridized carbons (Fsp3) is 0.227. The third kappa shape index (κ3) is 3.46. The van der Waals surface area contributed by atoms with Crippen LogP contribution in [-0.4, -0.2) is 37.5 Å². The first-order chi connectivity index (χ1) is 13.5. The predicted octanol–water partition coefficient (Wildman–Crippen LogP) is 3.97.